The Kier molecular flexibility index (Phi) is 6.50. The van der Waals surface area contributed by atoms with Crippen LogP contribution in [-0.4, -0.2) is 29.9 Å². The van der Waals surface area contributed by atoms with Crippen molar-refractivity contribution in [3.05, 3.63) is 42.0 Å². The first-order valence-corrected chi connectivity index (χ1v) is 6.88. The first-order valence-electron chi connectivity index (χ1n) is 6.88. The van der Waals surface area contributed by atoms with Gasteiger partial charge in [0.15, 0.2) is 5.78 Å². The van der Waals surface area contributed by atoms with Crippen LogP contribution in [0, 0.1) is 0 Å². The molecule has 0 unspecified atom stereocenters. The average Bonchev–Trinajstić information content (AvgIpc) is 2.44. The Morgan fingerprint density at radius 3 is 2.05 bits per heavy atom. The second-order valence-corrected chi connectivity index (χ2v) is 4.57. The highest BCUT2D eigenvalue weighted by Gasteiger charge is 2.06. The van der Waals surface area contributed by atoms with Crippen LogP contribution in [0.3, 0.4) is 0 Å². The van der Waals surface area contributed by atoms with E-state index in [0.717, 1.165) is 43.8 Å². The highest BCUT2D eigenvalue weighted by Crippen LogP contribution is 2.16. The number of carbonyl (C=O) groups excluding carboxylic acids is 1. The van der Waals surface area contributed by atoms with Crippen molar-refractivity contribution in [3.63, 3.8) is 0 Å². The fraction of sp³-hybridized carbons (Fsp3) is 0.375. The van der Waals surface area contributed by atoms with E-state index >= 15 is 0 Å². The van der Waals surface area contributed by atoms with Crippen LogP contribution in [0.25, 0.3) is 0 Å². The molecule has 0 spiro atoms. The summed E-state index contributed by atoms with van der Waals surface area (Å²) in [6.07, 6.45) is 4.08. The highest BCUT2D eigenvalue weighted by atomic mass is 16.4. The van der Waals surface area contributed by atoms with Gasteiger partial charge in [0.1, 0.15) is 0 Å². The lowest BCUT2D eigenvalue weighted by Gasteiger charge is -2.23. The molecule has 0 aliphatic rings. The Morgan fingerprint density at radius 2 is 1.60 bits per heavy atom. The fourth-order valence-electron chi connectivity index (χ4n) is 1.99. The molecule has 0 atom stereocenters. The van der Waals surface area contributed by atoms with Gasteiger partial charge in [-0.1, -0.05) is 13.8 Å². The molecule has 0 aliphatic heterocycles. The minimum Gasteiger partial charge on any atom is -0.478 e. The molecule has 0 heterocycles. The highest BCUT2D eigenvalue weighted by molar-refractivity contribution is 6.06. The van der Waals surface area contributed by atoms with Crippen LogP contribution in [0.5, 0.6) is 0 Å². The van der Waals surface area contributed by atoms with Gasteiger partial charge < -0.3 is 10.0 Å². The molecule has 4 nitrogen and oxygen atoms in total. The van der Waals surface area contributed by atoms with Crippen LogP contribution in [0.15, 0.2) is 36.4 Å². The van der Waals surface area contributed by atoms with Gasteiger partial charge in [-0.2, -0.15) is 0 Å². The maximum absolute atomic E-state index is 11.7. The van der Waals surface area contributed by atoms with E-state index in [1.807, 2.05) is 12.1 Å². The predicted octanol–water partition coefficient (Wildman–Crippen LogP) is 3.14. The number of carbonyl (C=O) groups is 2. The molecule has 1 N–H and O–H groups in total. The molecule has 0 aromatic heterocycles. The van der Waals surface area contributed by atoms with Crippen molar-refractivity contribution < 1.29 is 14.7 Å². The predicted molar refractivity (Wildman–Crippen MR) is 80.3 cm³/mol. The molecule has 20 heavy (non-hydrogen) atoms. The van der Waals surface area contributed by atoms with Crippen molar-refractivity contribution >= 4 is 17.4 Å². The summed E-state index contributed by atoms with van der Waals surface area (Å²) in [6.45, 7) is 6.24. The molecule has 0 fully saturated rings. The summed E-state index contributed by atoms with van der Waals surface area (Å²) in [5.74, 6) is -1.41. The molecule has 4 heteroatoms. The first kappa shape index (κ1) is 16.0. The minimum absolute atomic E-state index is 0.295. The zero-order valence-electron chi connectivity index (χ0n) is 12.0. The molecule has 0 aliphatic carbocycles. The van der Waals surface area contributed by atoms with Crippen molar-refractivity contribution in [2.45, 2.75) is 26.7 Å². The standard InChI is InChI=1S/C16H21NO3/c1-3-11-17(12-4-2)14-7-5-13(6-8-14)15(18)9-10-16(19)20/h5-10H,3-4,11-12H2,1-2H3,(H,19,20)/b10-9+. The van der Waals surface area contributed by atoms with Crippen LogP contribution in [0.2, 0.25) is 0 Å². The summed E-state index contributed by atoms with van der Waals surface area (Å²) in [5, 5.41) is 8.50. The molecule has 0 saturated carbocycles. The fourth-order valence-corrected chi connectivity index (χ4v) is 1.99. The monoisotopic (exact) mass is 275 g/mol. The smallest absolute Gasteiger partial charge is 0.328 e. The summed E-state index contributed by atoms with van der Waals surface area (Å²) < 4.78 is 0. The quantitative estimate of drug-likeness (QED) is 0.585. The van der Waals surface area contributed by atoms with Gasteiger partial charge in [0.05, 0.1) is 0 Å². The minimum atomic E-state index is -1.12. The Balaban J connectivity index is 2.81. The molecule has 0 amide bonds. The van der Waals surface area contributed by atoms with Gasteiger partial charge >= 0.3 is 5.97 Å². The first-order chi connectivity index (χ1) is 9.58. The molecule has 1 rings (SSSR count). The van der Waals surface area contributed by atoms with E-state index in [0.29, 0.717) is 5.56 Å². The third kappa shape index (κ3) is 4.88. The molecule has 0 radical (unpaired) electrons. The average molecular weight is 275 g/mol. The van der Waals surface area contributed by atoms with Gasteiger partial charge in [-0.05, 0) is 43.2 Å². The zero-order valence-corrected chi connectivity index (χ0v) is 12.0. The molecular weight excluding hydrogens is 254 g/mol. The van der Waals surface area contributed by atoms with E-state index in [9.17, 15) is 9.59 Å². The molecule has 0 saturated heterocycles. The maximum Gasteiger partial charge on any atom is 0.328 e. The lowest BCUT2D eigenvalue weighted by Crippen LogP contribution is -2.24. The van der Waals surface area contributed by atoms with Gasteiger partial charge in [0.25, 0.3) is 0 Å². The van der Waals surface area contributed by atoms with Gasteiger partial charge in [-0.15, -0.1) is 0 Å². The Hall–Kier alpha value is -2.10. The van der Waals surface area contributed by atoms with E-state index in [1.165, 1.54) is 0 Å². The lowest BCUT2D eigenvalue weighted by molar-refractivity contribution is -0.131. The maximum atomic E-state index is 11.7. The number of hydrogen-bond acceptors (Lipinski definition) is 3. The SMILES string of the molecule is CCCN(CCC)c1ccc(C(=O)/C=C/C(=O)O)cc1. The summed E-state index contributed by atoms with van der Waals surface area (Å²) in [7, 11) is 0. The second-order valence-electron chi connectivity index (χ2n) is 4.57. The van der Waals surface area contributed by atoms with Crippen molar-refractivity contribution in [2.24, 2.45) is 0 Å². The number of ketones is 1. The van der Waals surface area contributed by atoms with E-state index < -0.39 is 5.97 Å². The Bertz CT molecular complexity index is 471. The van der Waals surface area contributed by atoms with Gasteiger partial charge in [0, 0.05) is 30.4 Å². The Labute approximate surface area is 119 Å². The molecule has 108 valence electrons. The summed E-state index contributed by atoms with van der Waals surface area (Å²) >= 11 is 0. The van der Waals surface area contributed by atoms with Gasteiger partial charge in [0.2, 0.25) is 0 Å². The number of hydrogen-bond donors (Lipinski definition) is 1. The number of rotatable bonds is 8. The number of benzene rings is 1. The van der Waals surface area contributed by atoms with Crippen molar-refractivity contribution in [1.82, 2.24) is 0 Å². The van der Waals surface area contributed by atoms with E-state index in [-0.39, 0.29) is 5.78 Å². The second kappa shape index (κ2) is 8.15. The van der Waals surface area contributed by atoms with Crippen LogP contribution < -0.4 is 4.90 Å². The Morgan fingerprint density at radius 1 is 1.05 bits per heavy atom. The van der Waals surface area contributed by atoms with Gasteiger partial charge in [-0.25, -0.2) is 4.79 Å². The van der Waals surface area contributed by atoms with Crippen LogP contribution in [0.1, 0.15) is 37.0 Å². The third-order valence-electron chi connectivity index (χ3n) is 2.88. The number of anilines is 1. The van der Waals surface area contributed by atoms with E-state index in [2.05, 4.69) is 18.7 Å². The van der Waals surface area contributed by atoms with Crippen molar-refractivity contribution in [1.29, 1.82) is 0 Å². The number of aliphatic carboxylic acids is 1. The molecular formula is C16H21NO3. The third-order valence-corrected chi connectivity index (χ3v) is 2.88. The zero-order chi connectivity index (χ0) is 15.0. The van der Waals surface area contributed by atoms with Crippen LogP contribution in [-0.2, 0) is 4.79 Å². The largest absolute Gasteiger partial charge is 0.478 e. The van der Waals surface area contributed by atoms with Crippen LogP contribution >= 0.6 is 0 Å². The summed E-state index contributed by atoms with van der Waals surface area (Å²) in [6, 6.07) is 7.30. The molecule has 0 bridgehead atoms. The number of allylic oxidation sites excluding steroid dienone is 1. The lowest BCUT2D eigenvalue weighted by atomic mass is 10.1. The van der Waals surface area contributed by atoms with Crippen molar-refractivity contribution in [3.8, 4) is 0 Å². The van der Waals surface area contributed by atoms with Crippen molar-refractivity contribution in [2.75, 3.05) is 18.0 Å². The van der Waals surface area contributed by atoms with Crippen LogP contribution in [0.4, 0.5) is 5.69 Å². The number of carboxylic acid groups (broad SMARTS) is 1. The molecule has 1 aromatic rings. The summed E-state index contributed by atoms with van der Waals surface area (Å²) in [4.78, 5) is 24.4. The topological polar surface area (TPSA) is 57.6 Å². The summed E-state index contributed by atoms with van der Waals surface area (Å²) in [5.41, 5.74) is 1.59. The number of carboxylic acids is 1. The normalized spacial score (nSPS) is 10.7. The van der Waals surface area contributed by atoms with E-state index in [4.69, 9.17) is 5.11 Å². The van der Waals surface area contributed by atoms with Gasteiger partial charge in [-0.3, -0.25) is 4.79 Å². The van der Waals surface area contributed by atoms with E-state index in [1.54, 1.807) is 12.1 Å². The number of nitrogens with zero attached hydrogens (tertiary/aromatic N) is 1. The molecule has 1 aromatic carbocycles.